The second-order valence-electron chi connectivity index (χ2n) is 5.74. The number of nitrogens with one attached hydrogen (secondary N) is 1. The van der Waals surface area contributed by atoms with E-state index in [0.717, 1.165) is 12.8 Å². The van der Waals surface area contributed by atoms with E-state index in [1.54, 1.807) is 0 Å². The molecule has 0 aliphatic rings. The van der Waals surface area contributed by atoms with Crippen molar-refractivity contribution in [1.29, 1.82) is 0 Å². The lowest BCUT2D eigenvalue weighted by Gasteiger charge is -2.17. The third-order valence-corrected chi connectivity index (χ3v) is 3.92. The van der Waals surface area contributed by atoms with E-state index in [1.165, 1.54) is 67.3 Å². The standard InChI is InChI=1S/C18H32N2/c1-4-7-10-15-13-16(11-8-5-2)18(20-19)17(14-15)12-9-6-3/h13-14,20H,4-12,19H2,1-3H3. The van der Waals surface area contributed by atoms with Crippen molar-refractivity contribution >= 4 is 5.69 Å². The van der Waals surface area contributed by atoms with Crippen molar-refractivity contribution in [2.45, 2.75) is 78.6 Å². The smallest absolute Gasteiger partial charge is 0.0549 e. The SMILES string of the molecule is CCCCc1cc(CCCC)c(NN)c(CCCC)c1. The molecule has 0 heterocycles. The van der Waals surface area contributed by atoms with Gasteiger partial charge in [-0.1, -0.05) is 52.2 Å². The quantitative estimate of drug-likeness (QED) is 0.466. The van der Waals surface area contributed by atoms with Crippen molar-refractivity contribution in [2.24, 2.45) is 5.84 Å². The van der Waals surface area contributed by atoms with Crippen LogP contribution in [0.2, 0.25) is 0 Å². The molecule has 1 rings (SSSR count). The Hall–Kier alpha value is -1.02. The van der Waals surface area contributed by atoms with Crippen molar-refractivity contribution in [1.82, 2.24) is 0 Å². The minimum Gasteiger partial charge on any atom is -0.324 e. The Morgan fingerprint density at radius 3 is 1.65 bits per heavy atom. The lowest BCUT2D eigenvalue weighted by molar-refractivity contribution is 0.767. The van der Waals surface area contributed by atoms with Gasteiger partial charge in [0.1, 0.15) is 0 Å². The minimum atomic E-state index is 1.13. The molecule has 0 aromatic heterocycles. The van der Waals surface area contributed by atoms with Gasteiger partial charge in [-0.15, -0.1) is 0 Å². The zero-order chi connectivity index (χ0) is 14.8. The first-order valence-electron chi connectivity index (χ1n) is 8.38. The zero-order valence-electron chi connectivity index (χ0n) is 13.6. The molecule has 0 amide bonds. The van der Waals surface area contributed by atoms with Crippen molar-refractivity contribution in [3.8, 4) is 0 Å². The molecule has 0 atom stereocenters. The van der Waals surface area contributed by atoms with Gasteiger partial charge in [-0.05, 0) is 55.2 Å². The van der Waals surface area contributed by atoms with Crippen molar-refractivity contribution < 1.29 is 0 Å². The van der Waals surface area contributed by atoms with Crippen LogP contribution in [-0.2, 0) is 19.3 Å². The van der Waals surface area contributed by atoms with Gasteiger partial charge in [-0.3, -0.25) is 5.84 Å². The summed E-state index contributed by atoms with van der Waals surface area (Å²) in [5, 5.41) is 0. The van der Waals surface area contributed by atoms with Crippen LogP contribution in [0.3, 0.4) is 0 Å². The summed E-state index contributed by atoms with van der Waals surface area (Å²) in [6.45, 7) is 6.74. The van der Waals surface area contributed by atoms with Crippen LogP contribution in [0, 0.1) is 0 Å². The van der Waals surface area contributed by atoms with Crippen molar-refractivity contribution in [3.05, 3.63) is 28.8 Å². The third kappa shape index (κ3) is 5.16. The summed E-state index contributed by atoms with van der Waals surface area (Å²) in [7, 11) is 0. The summed E-state index contributed by atoms with van der Waals surface area (Å²) in [6.07, 6.45) is 10.9. The summed E-state index contributed by atoms with van der Waals surface area (Å²) < 4.78 is 0. The van der Waals surface area contributed by atoms with E-state index in [2.05, 4.69) is 38.3 Å². The largest absolute Gasteiger partial charge is 0.324 e. The number of anilines is 1. The van der Waals surface area contributed by atoms with E-state index in [-0.39, 0.29) is 0 Å². The molecular formula is C18H32N2. The average Bonchev–Trinajstić information content (AvgIpc) is 2.48. The fraction of sp³-hybridized carbons (Fsp3) is 0.667. The fourth-order valence-corrected chi connectivity index (χ4v) is 2.68. The van der Waals surface area contributed by atoms with Gasteiger partial charge in [0.15, 0.2) is 0 Å². The lowest BCUT2D eigenvalue weighted by Crippen LogP contribution is -2.13. The number of aryl methyl sites for hydroxylation is 3. The Bertz CT molecular complexity index is 356. The molecule has 20 heavy (non-hydrogen) atoms. The number of nitrogen functional groups attached to an aromatic ring is 1. The minimum absolute atomic E-state index is 1.13. The highest BCUT2D eigenvalue weighted by atomic mass is 15.2. The van der Waals surface area contributed by atoms with Crippen LogP contribution in [0.5, 0.6) is 0 Å². The van der Waals surface area contributed by atoms with E-state index in [0.29, 0.717) is 0 Å². The topological polar surface area (TPSA) is 38.0 Å². The second kappa shape index (κ2) is 9.82. The Labute approximate surface area is 125 Å². The highest BCUT2D eigenvalue weighted by Crippen LogP contribution is 2.27. The molecule has 0 aliphatic carbocycles. The van der Waals surface area contributed by atoms with Crippen LogP contribution >= 0.6 is 0 Å². The fourth-order valence-electron chi connectivity index (χ4n) is 2.68. The number of hydrogen-bond donors (Lipinski definition) is 2. The van der Waals surface area contributed by atoms with E-state index in [9.17, 15) is 0 Å². The zero-order valence-corrected chi connectivity index (χ0v) is 13.6. The molecule has 0 aliphatic heterocycles. The molecular weight excluding hydrogens is 244 g/mol. The van der Waals surface area contributed by atoms with Gasteiger partial charge in [-0.2, -0.15) is 0 Å². The molecule has 114 valence electrons. The molecule has 1 aromatic carbocycles. The van der Waals surface area contributed by atoms with Gasteiger partial charge < -0.3 is 5.43 Å². The molecule has 2 heteroatoms. The van der Waals surface area contributed by atoms with Crippen LogP contribution in [0.15, 0.2) is 12.1 Å². The van der Waals surface area contributed by atoms with Crippen LogP contribution in [0.25, 0.3) is 0 Å². The molecule has 0 bridgehead atoms. The maximum absolute atomic E-state index is 5.80. The molecule has 0 saturated heterocycles. The van der Waals surface area contributed by atoms with Gasteiger partial charge in [0.25, 0.3) is 0 Å². The van der Waals surface area contributed by atoms with Crippen LogP contribution in [0.1, 0.15) is 76.0 Å². The first-order valence-corrected chi connectivity index (χ1v) is 8.38. The van der Waals surface area contributed by atoms with Gasteiger partial charge in [-0.25, -0.2) is 0 Å². The van der Waals surface area contributed by atoms with E-state index < -0.39 is 0 Å². The Kier molecular flexibility index (Phi) is 8.36. The summed E-state index contributed by atoms with van der Waals surface area (Å²) in [5.41, 5.74) is 8.46. The number of benzene rings is 1. The van der Waals surface area contributed by atoms with E-state index in [1.807, 2.05) is 0 Å². The molecule has 3 N–H and O–H groups in total. The summed E-state index contributed by atoms with van der Waals surface area (Å²) >= 11 is 0. The van der Waals surface area contributed by atoms with Gasteiger partial charge in [0, 0.05) is 0 Å². The van der Waals surface area contributed by atoms with Crippen LogP contribution in [-0.4, -0.2) is 0 Å². The predicted octanol–water partition coefficient (Wildman–Crippen LogP) is 5.00. The molecule has 2 nitrogen and oxygen atoms in total. The van der Waals surface area contributed by atoms with Gasteiger partial charge in [0.05, 0.1) is 5.69 Å². The maximum Gasteiger partial charge on any atom is 0.0549 e. The van der Waals surface area contributed by atoms with Crippen LogP contribution in [0.4, 0.5) is 5.69 Å². The highest BCUT2D eigenvalue weighted by molar-refractivity contribution is 5.59. The molecule has 0 unspecified atom stereocenters. The number of unbranched alkanes of at least 4 members (excludes halogenated alkanes) is 3. The summed E-state index contributed by atoms with van der Waals surface area (Å²) in [4.78, 5) is 0. The average molecular weight is 276 g/mol. The van der Waals surface area contributed by atoms with Gasteiger partial charge >= 0.3 is 0 Å². The monoisotopic (exact) mass is 276 g/mol. The number of hydrazine groups is 1. The maximum atomic E-state index is 5.80. The Morgan fingerprint density at radius 1 is 0.800 bits per heavy atom. The van der Waals surface area contributed by atoms with Crippen molar-refractivity contribution in [2.75, 3.05) is 5.43 Å². The van der Waals surface area contributed by atoms with Crippen molar-refractivity contribution in [3.63, 3.8) is 0 Å². The molecule has 0 fully saturated rings. The third-order valence-electron chi connectivity index (χ3n) is 3.92. The first kappa shape index (κ1) is 17.0. The normalized spacial score (nSPS) is 10.8. The number of rotatable bonds is 10. The highest BCUT2D eigenvalue weighted by Gasteiger charge is 2.10. The Morgan fingerprint density at radius 2 is 1.25 bits per heavy atom. The molecule has 0 radical (unpaired) electrons. The Balaban J connectivity index is 3.02. The first-order chi connectivity index (χ1) is 9.76. The predicted molar refractivity (Wildman–Crippen MR) is 90.1 cm³/mol. The van der Waals surface area contributed by atoms with E-state index >= 15 is 0 Å². The van der Waals surface area contributed by atoms with E-state index in [4.69, 9.17) is 5.84 Å². The second-order valence-corrected chi connectivity index (χ2v) is 5.74. The summed E-state index contributed by atoms with van der Waals surface area (Å²) in [5.74, 6) is 5.80. The van der Waals surface area contributed by atoms with Crippen LogP contribution < -0.4 is 11.3 Å². The molecule has 0 spiro atoms. The lowest BCUT2D eigenvalue weighted by atomic mass is 9.94. The molecule has 0 saturated carbocycles. The summed E-state index contributed by atoms with van der Waals surface area (Å²) in [6, 6.07) is 4.74. The number of hydrogen-bond acceptors (Lipinski definition) is 2. The van der Waals surface area contributed by atoms with Gasteiger partial charge in [0.2, 0.25) is 0 Å². The molecule has 1 aromatic rings. The number of nitrogens with two attached hydrogens (primary N) is 1.